The second kappa shape index (κ2) is 7.98. The molecule has 1 aromatic carbocycles. The van der Waals surface area contributed by atoms with E-state index in [1.165, 1.54) is 12.1 Å². The van der Waals surface area contributed by atoms with E-state index in [4.69, 9.17) is 4.74 Å². The van der Waals surface area contributed by atoms with Gasteiger partial charge >= 0.3 is 0 Å². The number of amides is 1. The van der Waals surface area contributed by atoms with E-state index in [1.54, 1.807) is 6.07 Å². The second-order valence-electron chi connectivity index (χ2n) is 5.65. The van der Waals surface area contributed by atoms with Crippen LogP contribution >= 0.6 is 0 Å². The smallest absolute Gasteiger partial charge is 0.258 e. The predicted molar refractivity (Wildman–Crippen MR) is 81.8 cm³/mol. The average molecular weight is 296 g/mol. The number of nitrogens with one attached hydrogen (secondary N) is 2. The lowest BCUT2D eigenvalue weighted by molar-refractivity contribution is -0.124. The van der Waals surface area contributed by atoms with Crippen LogP contribution in [-0.4, -0.2) is 24.6 Å². The van der Waals surface area contributed by atoms with Gasteiger partial charge in [0.2, 0.25) is 0 Å². The third kappa shape index (κ3) is 6.58. The van der Waals surface area contributed by atoms with Crippen molar-refractivity contribution in [1.82, 2.24) is 10.6 Å². The second-order valence-corrected chi connectivity index (χ2v) is 5.65. The van der Waals surface area contributed by atoms with E-state index in [1.807, 2.05) is 27.7 Å². The zero-order valence-electron chi connectivity index (χ0n) is 13.3. The Morgan fingerprint density at radius 3 is 2.62 bits per heavy atom. The Kier molecular flexibility index (Phi) is 6.62. The Hall–Kier alpha value is -1.62. The zero-order chi connectivity index (χ0) is 15.9. The van der Waals surface area contributed by atoms with Gasteiger partial charge in [0, 0.05) is 18.2 Å². The summed E-state index contributed by atoms with van der Waals surface area (Å²) in [5.74, 6) is -0.207. The summed E-state index contributed by atoms with van der Waals surface area (Å²) in [6.45, 7) is 9.13. The van der Waals surface area contributed by atoms with Crippen molar-refractivity contribution in [2.45, 2.75) is 46.2 Å². The molecule has 0 atom stereocenters. The Balaban J connectivity index is 2.58. The van der Waals surface area contributed by atoms with E-state index in [9.17, 15) is 9.18 Å². The maximum atomic E-state index is 13.5. The number of benzene rings is 1. The topological polar surface area (TPSA) is 50.4 Å². The van der Waals surface area contributed by atoms with Gasteiger partial charge < -0.3 is 15.4 Å². The van der Waals surface area contributed by atoms with E-state index >= 15 is 0 Å². The maximum Gasteiger partial charge on any atom is 0.258 e. The van der Waals surface area contributed by atoms with Gasteiger partial charge in [-0.2, -0.15) is 0 Å². The lowest BCUT2D eigenvalue weighted by atomic mass is 10.0. The molecule has 4 nitrogen and oxygen atoms in total. The highest BCUT2D eigenvalue weighted by molar-refractivity contribution is 5.78. The van der Waals surface area contributed by atoms with Gasteiger partial charge in [-0.1, -0.05) is 13.8 Å². The molecule has 2 N–H and O–H groups in total. The van der Waals surface area contributed by atoms with Gasteiger partial charge in [0.15, 0.2) is 6.61 Å². The van der Waals surface area contributed by atoms with Crippen molar-refractivity contribution in [3.8, 4) is 5.75 Å². The first kappa shape index (κ1) is 17.4. The highest BCUT2D eigenvalue weighted by Crippen LogP contribution is 2.16. The number of ether oxygens (including phenoxy) is 1. The van der Waals surface area contributed by atoms with Gasteiger partial charge in [-0.25, -0.2) is 4.39 Å². The van der Waals surface area contributed by atoms with Crippen molar-refractivity contribution < 1.29 is 13.9 Å². The van der Waals surface area contributed by atoms with Gasteiger partial charge in [0.25, 0.3) is 5.91 Å². The van der Waals surface area contributed by atoms with Crippen molar-refractivity contribution in [3.63, 3.8) is 0 Å². The fraction of sp³-hybridized carbons (Fsp3) is 0.562. The molecular formula is C16H25FN2O2. The third-order valence-corrected chi connectivity index (χ3v) is 3.24. The molecule has 0 radical (unpaired) electrons. The van der Waals surface area contributed by atoms with Crippen molar-refractivity contribution in [2.75, 3.05) is 13.2 Å². The molecule has 1 aromatic rings. The van der Waals surface area contributed by atoms with E-state index in [0.29, 0.717) is 12.3 Å². The molecule has 0 saturated heterocycles. The van der Waals surface area contributed by atoms with Crippen LogP contribution in [0.3, 0.4) is 0 Å². The Morgan fingerprint density at radius 1 is 1.29 bits per heavy atom. The standard InChI is InChI=1S/C16H25FN2O2/c1-5-16(3,4)19-15(20)11-21-14-8-12(10-18-6-2)7-13(17)9-14/h7-9,18H,5-6,10-11H2,1-4H3,(H,19,20). The molecule has 5 heteroatoms. The summed E-state index contributed by atoms with van der Waals surface area (Å²) >= 11 is 0. The van der Waals surface area contributed by atoms with Crippen LogP contribution in [0.25, 0.3) is 0 Å². The van der Waals surface area contributed by atoms with Crippen molar-refractivity contribution in [2.24, 2.45) is 0 Å². The van der Waals surface area contributed by atoms with Crippen molar-refractivity contribution in [3.05, 3.63) is 29.6 Å². The molecule has 0 aliphatic rings. The first-order valence-electron chi connectivity index (χ1n) is 7.30. The number of hydrogen-bond donors (Lipinski definition) is 2. The molecule has 0 aromatic heterocycles. The Labute approximate surface area is 126 Å². The van der Waals surface area contributed by atoms with E-state index in [-0.39, 0.29) is 23.9 Å². The summed E-state index contributed by atoms with van der Waals surface area (Å²) in [6, 6.07) is 4.48. The van der Waals surface area contributed by atoms with Gasteiger partial charge in [0.1, 0.15) is 11.6 Å². The van der Waals surface area contributed by atoms with Crippen molar-refractivity contribution >= 4 is 5.91 Å². The number of carbonyl (C=O) groups is 1. The minimum atomic E-state index is -0.366. The van der Waals surface area contributed by atoms with Crippen LogP contribution in [0.1, 0.15) is 39.7 Å². The summed E-state index contributed by atoms with van der Waals surface area (Å²) < 4.78 is 18.9. The molecule has 21 heavy (non-hydrogen) atoms. The zero-order valence-corrected chi connectivity index (χ0v) is 13.3. The first-order chi connectivity index (χ1) is 9.86. The van der Waals surface area contributed by atoms with Gasteiger partial charge in [0.05, 0.1) is 0 Å². The summed E-state index contributed by atoms with van der Waals surface area (Å²) in [5.41, 5.74) is 0.527. The molecule has 0 heterocycles. The lowest BCUT2D eigenvalue weighted by Crippen LogP contribution is -2.44. The third-order valence-electron chi connectivity index (χ3n) is 3.24. The van der Waals surface area contributed by atoms with Gasteiger partial charge in [-0.05, 0) is 44.5 Å². The molecule has 1 amide bonds. The first-order valence-corrected chi connectivity index (χ1v) is 7.30. The average Bonchev–Trinajstić information content (AvgIpc) is 2.42. The fourth-order valence-corrected chi connectivity index (χ4v) is 1.73. The van der Waals surface area contributed by atoms with Crippen LogP contribution in [0.15, 0.2) is 18.2 Å². The van der Waals surface area contributed by atoms with E-state index in [0.717, 1.165) is 18.5 Å². The Morgan fingerprint density at radius 2 is 2.00 bits per heavy atom. The molecule has 0 bridgehead atoms. The number of rotatable bonds is 8. The summed E-state index contributed by atoms with van der Waals surface area (Å²) in [4.78, 5) is 11.8. The van der Waals surface area contributed by atoms with E-state index < -0.39 is 0 Å². The monoisotopic (exact) mass is 296 g/mol. The minimum absolute atomic E-state index is 0.118. The highest BCUT2D eigenvalue weighted by Gasteiger charge is 2.18. The number of halogens is 1. The molecule has 0 aliphatic carbocycles. The summed E-state index contributed by atoms with van der Waals surface area (Å²) in [5, 5.41) is 5.99. The van der Waals surface area contributed by atoms with Crippen LogP contribution in [0, 0.1) is 5.82 Å². The molecule has 0 aliphatic heterocycles. The van der Waals surface area contributed by atoms with Crippen LogP contribution in [-0.2, 0) is 11.3 Å². The van der Waals surface area contributed by atoms with Gasteiger partial charge in [-0.15, -0.1) is 0 Å². The highest BCUT2D eigenvalue weighted by atomic mass is 19.1. The number of hydrogen-bond acceptors (Lipinski definition) is 3. The quantitative estimate of drug-likeness (QED) is 0.775. The van der Waals surface area contributed by atoms with Crippen LogP contribution in [0.4, 0.5) is 4.39 Å². The summed E-state index contributed by atoms with van der Waals surface area (Å²) in [7, 11) is 0. The van der Waals surface area contributed by atoms with Crippen molar-refractivity contribution in [1.29, 1.82) is 0 Å². The van der Waals surface area contributed by atoms with Crippen LogP contribution in [0.2, 0.25) is 0 Å². The largest absolute Gasteiger partial charge is 0.484 e. The molecule has 1 rings (SSSR count). The fourth-order valence-electron chi connectivity index (χ4n) is 1.73. The Bertz CT molecular complexity index is 475. The molecule has 0 unspecified atom stereocenters. The molecule has 0 spiro atoms. The lowest BCUT2D eigenvalue weighted by Gasteiger charge is -2.24. The van der Waals surface area contributed by atoms with Gasteiger partial charge in [-0.3, -0.25) is 4.79 Å². The van der Waals surface area contributed by atoms with E-state index in [2.05, 4.69) is 10.6 Å². The predicted octanol–water partition coefficient (Wildman–Crippen LogP) is 2.62. The normalized spacial score (nSPS) is 11.3. The molecule has 0 fully saturated rings. The minimum Gasteiger partial charge on any atom is -0.484 e. The molecule has 0 saturated carbocycles. The van der Waals surface area contributed by atoms with Crippen LogP contribution < -0.4 is 15.4 Å². The SMILES string of the molecule is CCNCc1cc(F)cc(OCC(=O)NC(C)(C)CC)c1. The number of carbonyl (C=O) groups excluding carboxylic acids is 1. The molecule has 118 valence electrons. The van der Waals surface area contributed by atoms with Crippen LogP contribution in [0.5, 0.6) is 5.75 Å². The molecular weight excluding hydrogens is 271 g/mol. The maximum absolute atomic E-state index is 13.5. The summed E-state index contributed by atoms with van der Waals surface area (Å²) in [6.07, 6.45) is 0.825.